The molecule has 1 atom stereocenters. The third-order valence-corrected chi connectivity index (χ3v) is 1.96. The van der Waals surface area contributed by atoms with Crippen molar-refractivity contribution in [1.29, 1.82) is 0 Å². The number of halogens is 1. The molecule has 5 heteroatoms. The fraction of sp³-hybridized carbons (Fsp3) is 0.800. The van der Waals surface area contributed by atoms with E-state index in [1.54, 1.807) is 13.8 Å². The number of nitrogens with zero attached hydrogens (tertiary/aromatic N) is 1. The zero-order valence-corrected chi connectivity index (χ0v) is 10.2. The quantitative estimate of drug-likeness (QED) is 0.517. The van der Waals surface area contributed by atoms with Crippen LogP contribution >= 0.6 is 11.6 Å². The number of alkyl halides is 1. The molecule has 0 aromatic carbocycles. The van der Waals surface area contributed by atoms with Crippen molar-refractivity contribution < 1.29 is 14.3 Å². The first-order valence-electron chi connectivity index (χ1n) is 5.11. The van der Waals surface area contributed by atoms with E-state index in [0.717, 1.165) is 6.42 Å². The second-order valence-electron chi connectivity index (χ2n) is 3.18. The summed E-state index contributed by atoms with van der Waals surface area (Å²) < 4.78 is 4.77. The minimum absolute atomic E-state index is 0.0163. The molecule has 1 amide bonds. The molecule has 0 N–H and O–H groups in total. The van der Waals surface area contributed by atoms with Crippen LogP contribution in [0.5, 0.6) is 0 Å². The predicted octanol–water partition coefficient (Wildman–Crippen LogP) is 1.42. The minimum Gasteiger partial charge on any atom is -0.465 e. The number of hydrogen-bond donors (Lipinski definition) is 0. The summed E-state index contributed by atoms with van der Waals surface area (Å²) in [7, 11) is 0. The van der Waals surface area contributed by atoms with Gasteiger partial charge in [-0.25, -0.2) is 0 Å². The monoisotopic (exact) mass is 235 g/mol. The smallest absolute Gasteiger partial charge is 0.325 e. The molecule has 0 bridgehead atoms. The van der Waals surface area contributed by atoms with E-state index in [4.69, 9.17) is 16.3 Å². The number of hydrogen-bond acceptors (Lipinski definition) is 3. The first-order valence-corrected chi connectivity index (χ1v) is 5.55. The highest BCUT2D eigenvalue weighted by atomic mass is 35.5. The maximum Gasteiger partial charge on any atom is 0.325 e. The molecule has 15 heavy (non-hydrogen) atoms. The van der Waals surface area contributed by atoms with Gasteiger partial charge in [0.25, 0.3) is 0 Å². The van der Waals surface area contributed by atoms with Crippen LogP contribution in [0.4, 0.5) is 0 Å². The highest BCUT2D eigenvalue weighted by molar-refractivity contribution is 6.30. The van der Waals surface area contributed by atoms with Gasteiger partial charge in [0.15, 0.2) is 0 Å². The van der Waals surface area contributed by atoms with Crippen molar-refractivity contribution in [3.63, 3.8) is 0 Å². The van der Waals surface area contributed by atoms with Crippen LogP contribution in [0, 0.1) is 0 Å². The molecule has 0 aliphatic carbocycles. The maximum atomic E-state index is 11.6. The molecule has 0 spiro atoms. The van der Waals surface area contributed by atoms with Crippen LogP contribution in [-0.2, 0) is 14.3 Å². The Bertz CT molecular complexity index is 219. The van der Waals surface area contributed by atoms with Crippen molar-refractivity contribution in [1.82, 2.24) is 4.90 Å². The molecule has 0 heterocycles. The summed E-state index contributed by atoms with van der Waals surface area (Å²) in [6, 6.07) is 0. The molecular weight excluding hydrogens is 218 g/mol. The molecule has 0 saturated carbocycles. The van der Waals surface area contributed by atoms with Gasteiger partial charge in [-0.15, -0.1) is 11.6 Å². The van der Waals surface area contributed by atoms with Crippen LogP contribution < -0.4 is 0 Å². The lowest BCUT2D eigenvalue weighted by molar-refractivity contribution is -0.148. The molecule has 1 unspecified atom stereocenters. The number of amides is 1. The average Bonchev–Trinajstić information content (AvgIpc) is 2.16. The molecule has 0 aromatic heterocycles. The molecule has 0 aliphatic rings. The Morgan fingerprint density at radius 2 is 2.00 bits per heavy atom. The van der Waals surface area contributed by atoms with Gasteiger partial charge >= 0.3 is 5.97 Å². The van der Waals surface area contributed by atoms with E-state index in [1.807, 2.05) is 6.92 Å². The van der Waals surface area contributed by atoms with Crippen molar-refractivity contribution in [2.24, 2.45) is 0 Å². The van der Waals surface area contributed by atoms with Crippen LogP contribution in [0.25, 0.3) is 0 Å². The number of ether oxygens (including phenoxy) is 1. The zero-order valence-electron chi connectivity index (χ0n) is 9.46. The van der Waals surface area contributed by atoms with E-state index in [1.165, 1.54) is 4.90 Å². The van der Waals surface area contributed by atoms with Crippen molar-refractivity contribution >= 4 is 23.5 Å². The van der Waals surface area contributed by atoms with Crippen molar-refractivity contribution in [3.05, 3.63) is 0 Å². The Hall–Kier alpha value is -0.770. The predicted molar refractivity (Wildman–Crippen MR) is 58.8 cm³/mol. The van der Waals surface area contributed by atoms with Gasteiger partial charge in [0.05, 0.1) is 6.61 Å². The van der Waals surface area contributed by atoms with E-state index >= 15 is 0 Å². The molecule has 88 valence electrons. The Labute approximate surface area is 95.5 Å². The third kappa shape index (κ3) is 5.62. The second kappa shape index (κ2) is 7.51. The number of carbonyl (C=O) groups excluding carboxylic acids is 2. The largest absolute Gasteiger partial charge is 0.465 e. The molecule has 4 nitrogen and oxygen atoms in total. The molecule has 0 fully saturated rings. The molecule has 0 rings (SSSR count). The van der Waals surface area contributed by atoms with Crippen LogP contribution in [-0.4, -0.2) is 41.8 Å². The number of carbonyl (C=O) groups is 2. The summed E-state index contributed by atoms with van der Waals surface area (Å²) in [5, 5.41) is -0.606. The Morgan fingerprint density at radius 3 is 2.40 bits per heavy atom. The van der Waals surface area contributed by atoms with E-state index in [2.05, 4.69) is 0 Å². The van der Waals surface area contributed by atoms with Gasteiger partial charge in [-0.3, -0.25) is 9.59 Å². The topological polar surface area (TPSA) is 46.6 Å². The van der Waals surface area contributed by atoms with E-state index < -0.39 is 11.3 Å². The van der Waals surface area contributed by atoms with Crippen LogP contribution in [0.3, 0.4) is 0 Å². The lowest BCUT2D eigenvalue weighted by atomic mass is 10.3. The summed E-state index contributed by atoms with van der Waals surface area (Å²) in [5.41, 5.74) is 0. The molecule has 0 radical (unpaired) electrons. The van der Waals surface area contributed by atoms with Gasteiger partial charge in [-0.2, -0.15) is 0 Å². The highest BCUT2D eigenvalue weighted by Gasteiger charge is 2.20. The van der Waals surface area contributed by atoms with Crippen LogP contribution in [0.1, 0.15) is 27.2 Å². The maximum absolute atomic E-state index is 11.6. The van der Waals surface area contributed by atoms with E-state index in [-0.39, 0.29) is 12.5 Å². The van der Waals surface area contributed by atoms with Crippen LogP contribution in [0.15, 0.2) is 0 Å². The third-order valence-electron chi connectivity index (χ3n) is 1.77. The number of esters is 1. The fourth-order valence-corrected chi connectivity index (χ4v) is 1.29. The fourth-order valence-electron chi connectivity index (χ4n) is 1.15. The lowest BCUT2D eigenvalue weighted by Crippen LogP contribution is -2.40. The van der Waals surface area contributed by atoms with Crippen molar-refractivity contribution in [3.8, 4) is 0 Å². The molecule has 0 aromatic rings. The van der Waals surface area contributed by atoms with Gasteiger partial charge < -0.3 is 9.64 Å². The Balaban J connectivity index is 4.26. The van der Waals surface area contributed by atoms with E-state index in [9.17, 15) is 9.59 Å². The van der Waals surface area contributed by atoms with Gasteiger partial charge in [-0.1, -0.05) is 6.92 Å². The first kappa shape index (κ1) is 14.2. The lowest BCUT2D eigenvalue weighted by Gasteiger charge is -2.22. The summed E-state index contributed by atoms with van der Waals surface area (Å²) in [6.45, 7) is 6.09. The Kier molecular flexibility index (Phi) is 7.13. The standard InChI is InChI=1S/C10H18ClNO3/c1-4-6-12(10(14)8(3)11)7-9(13)15-5-2/h8H,4-7H2,1-3H3. The van der Waals surface area contributed by atoms with Crippen molar-refractivity contribution in [2.75, 3.05) is 19.7 Å². The summed E-state index contributed by atoms with van der Waals surface area (Å²) >= 11 is 5.68. The van der Waals surface area contributed by atoms with Crippen LogP contribution in [0.2, 0.25) is 0 Å². The normalized spacial score (nSPS) is 12.0. The van der Waals surface area contributed by atoms with Gasteiger partial charge in [0.2, 0.25) is 5.91 Å². The van der Waals surface area contributed by atoms with Gasteiger partial charge in [0, 0.05) is 6.54 Å². The summed E-state index contributed by atoms with van der Waals surface area (Å²) in [5.74, 6) is -0.622. The first-order chi connectivity index (χ1) is 7.02. The average molecular weight is 236 g/mol. The van der Waals surface area contributed by atoms with Crippen molar-refractivity contribution in [2.45, 2.75) is 32.6 Å². The minimum atomic E-state index is -0.606. The van der Waals surface area contributed by atoms with Gasteiger partial charge in [-0.05, 0) is 20.3 Å². The number of rotatable bonds is 6. The summed E-state index contributed by atoms with van der Waals surface area (Å²) in [6.07, 6.45) is 0.786. The van der Waals surface area contributed by atoms with Gasteiger partial charge in [0.1, 0.15) is 11.9 Å². The highest BCUT2D eigenvalue weighted by Crippen LogP contribution is 2.03. The zero-order chi connectivity index (χ0) is 11.8. The SMILES string of the molecule is CCCN(CC(=O)OCC)C(=O)C(C)Cl. The summed E-state index contributed by atoms with van der Waals surface area (Å²) in [4.78, 5) is 24.2. The molecule has 0 saturated heterocycles. The second-order valence-corrected chi connectivity index (χ2v) is 3.84. The van der Waals surface area contributed by atoms with E-state index in [0.29, 0.717) is 13.2 Å². The Morgan fingerprint density at radius 1 is 1.40 bits per heavy atom. The molecular formula is C10H18ClNO3. The molecule has 0 aliphatic heterocycles.